The van der Waals surface area contributed by atoms with Crippen LogP contribution in [0.15, 0.2) is 4.99 Å². The van der Waals surface area contributed by atoms with E-state index in [9.17, 15) is 24.3 Å². The smallest absolute Gasteiger partial charge is 0.328 e. The van der Waals surface area contributed by atoms with E-state index in [1.165, 1.54) is 11.8 Å². The molecule has 0 bridgehead atoms. The molecule has 0 aliphatic rings. The molecule has 14 nitrogen and oxygen atoms in total. The lowest BCUT2D eigenvalue weighted by Gasteiger charge is -2.25. The van der Waals surface area contributed by atoms with Crippen molar-refractivity contribution in [2.45, 2.75) is 62.7 Å². The number of thioether (sulfide) groups is 1. The number of unbranched alkanes of at least 4 members (excludes halogenated alkanes) is 1. The predicted molar refractivity (Wildman–Crippen MR) is 134 cm³/mol. The van der Waals surface area contributed by atoms with Crippen molar-refractivity contribution in [1.82, 2.24) is 16.0 Å². The van der Waals surface area contributed by atoms with Crippen LogP contribution in [0.1, 0.15) is 38.5 Å². The molecule has 4 unspecified atom stereocenters. The molecule has 0 aromatic rings. The van der Waals surface area contributed by atoms with Gasteiger partial charge in [0.2, 0.25) is 17.7 Å². The zero-order valence-corrected chi connectivity index (χ0v) is 20.9. The Morgan fingerprint density at radius 2 is 1.43 bits per heavy atom. The summed E-state index contributed by atoms with van der Waals surface area (Å²) in [6.07, 6.45) is 4.11. The maximum atomic E-state index is 13.0. The van der Waals surface area contributed by atoms with Crippen molar-refractivity contribution in [3.8, 4) is 0 Å². The summed E-state index contributed by atoms with van der Waals surface area (Å²) in [5.41, 5.74) is 22.0. The first-order valence-electron chi connectivity index (χ1n) is 11.3. The van der Waals surface area contributed by atoms with Crippen LogP contribution in [0.25, 0.3) is 0 Å². The first-order chi connectivity index (χ1) is 16.6. The van der Waals surface area contributed by atoms with Crippen LogP contribution in [0.5, 0.6) is 0 Å². The molecule has 0 spiro atoms. The summed E-state index contributed by atoms with van der Waals surface area (Å²) in [4.78, 5) is 53.2. The number of carbonyl (C=O) groups is 4. The number of nitrogens with two attached hydrogens (primary N) is 4. The van der Waals surface area contributed by atoms with Gasteiger partial charge in [0, 0.05) is 6.54 Å². The number of aliphatic imine (C=N–C) groups is 1. The number of rotatable bonds is 19. The van der Waals surface area contributed by atoms with Gasteiger partial charge in [-0.1, -0.05) is 0 Å². The number of hydrogen-bond donors (Lipinski definition) is 9. The van der Waals surface area contributed by atoms with Gasteiger partial charge in [0.25, 0.3) is 0 Å². The molecule has 202 valence electrons. The first kappa shape index (κ1) is 32.4. The third-order valence-electron chi connectivity index (χ3n) is 4.93. The summed E-state index contributed by atoms with van der Waals surface area (Å²) in [7, 11) is 0. The van der Waals surface area contributed by atoms with Crippen LogP contribution in [0, 0.1) is 0 Å². The lowest BCUT2D eigenvalue weighted by atomic mass is 10.1. The highest BCUT2D eigenvalue weighted by Crippen LogP contribution is 2.06. The Morgan fingerprint density at radius 3 is 1.91 bits per heavy atom. The van der Waals surface area contributed by atoms with E-state index in [0.717, 1.165) is 0 Å². The maximum absolute atomic E-state index is 13.0. The van der Waals surface area contributed by atoms with Gasteiger partial charge < -0.3 is 49.1 Å². The Morgan fingerprint density at radius 1 is 0.886 bits per heavy atom. The lowest BCUT2D eigenvalue weighted by molar-refractivity contribution is -0.143. The Balaban J connectivity index is 5.49. The van der Waals surface area contributed by atoms with Crippen LogP contribution in [-0.4, -0.2) is 95.7 Å². The molecule has 0 aliphatic carbocycles. The Kier molecular flexibility index (Phi) is 17.3. The van der Waals surface area contributed by atoms with Gasteiger partial charge in [-0.2, -0.15) is 11.8 Å². The third-order valence-corrected chi connectivity index (χ3v) is 5.57. The molecule has 0 saturated heterocycles. The second-order valence-electron chi connectivity index (χ2n) is 7.83. The van der Waals surface area contributed by atoms with Gasteiger partial charge in [0.1, 0.15) is 18.1 Å². The van der Waals surface area contributed by atoms with Crippen molar-refractivity contribution in [3.05, 3.63) is 0 Å². The average Bonchev–Trinajstić information content (AvgIpc) is 2.81. The van der Waals surface area contributed by atoms with Crippen LogP contribution in [0.3, 0.4) is 0 Å². The summed E-state index contributed by atoms with van der Waals surface area (Å²) < 4.78 is 0. The predicted octanol–water partition coefficient (Wildman–Crippen LogP) is -3.22. The Bertz CT molecular complexity index is 707. The van der Waals surface area contributed by atoms with E-state index in [2.05, 4.69) is 20.9 Å². The molecule has 35 heavy (non-hydrogen) atoms. The van der Waals surface area contributed by atoms with Gasteiger partial charge in [-0.05, 0) is 57.1 Å². The van der Waals surface area contributed by atoms with Crippen molar-refractivity contribution < 1.29 is 29.4 Å². The van der Waals surface area contributed by atoms with Crippen LogP contribution < -0.4 is 38.9 Å². The van der Waals surface area contributed by atoms with Crippen molar-refractivity contribution in [1.29, 1.82) is 0 Å². The lowest BCUT2D eigenvalue weighted by Crippen LogP contribution is -2.57. The molecule has 0 fully saturated rings. The summed E-state index contributed by atoms with van der Waals surface area (Å²) in [5, 5.41) is 25.7. The number of aliphatic hydroxyl groups is 1. The van der Waals surface area contributed by atoms with Crippen LogP contribution >= 0.6 is 11.8 Å². The number of aliphatic hydroxyl groups excluding tert-OH is 1. The van der Waals surface area contributed by atoms with Gasteiger partial charge in [0.05, 0.1) is 12.6 Å². The molecule has 0 aromatic heterocycles. The molecule has 13 N–H and O–H groups in total. The number of amides is 3. The van der Waals surface area contributed by atoms with E-state index in [4.69, 9.17) is 28.0 Å². The fourth-order valence-electron chi connectivity index (χ4n) is 2.92. The SMILES string of the molecule is CSCCC(N)C(=O)NC(CCCCN)C(=O)NC(CCCN=C(N)N)C(=O)NC(CO)C(=O)O. The van der Waals surface area contributed by atoms with Crippen molar-refractivity contribution in [2.24, 2.45) is 27.9 Å². The highest BCUT2D eigenvalue weighted by atomic mass is 32.2. The highest BCUT2D eigenvalue weighted by Gasteiger charge is 2.29. The number of carboxylic acids is 1. The summed E-state index contributed by atoms with van der Waals surface area (Å²) in [6.45, 7) is -0.254. The molecule has 0 rings (SSSR count). The van der Waals surface area contributed by atoms with E-state index < -0.39 is 54.5 Å². The second kappa shape index (κ2) is 18.7. The monoisotopic (exact) mass is 520 g/mol. The molecule has 15 heteroatoms. The normalized spacial score (nSPS) is 14.2. The molecule has 0 heterocycles. The molecular formula is C20H40N8O6S. The quantitative estimate of drug-likeness (QED) is 0.0464. The van der Waals surface area contributed by atoms with Crippen molar-refractivity contribution in [2.75, 3.05) is 31.7 Å². The summed E-state index contributed by atoms with van der Waals surface area (Å²) in [5.74, 6) is -2.84. The largest absolute Gasteiger partial charge is 0.480 e. The van der Waals surface area contributed by atoms with E-state index in [-0.39, 0.29) is 31.8 Å². The third kappa shape index (κ3) is 14.4. The molecule has 3 amide bonds. The minimum absolute atomic E-state index is 0.0722. The van der Waals surface area contributed by atoms with Crippen LogP contribution in [0.4, 0.5) is 0 Å². The number of nitrogens with one attached hydrogen (secondary N) is 3. The Hall–Kier alpha value is -2.62. The summed E-state index contributed by atoms with van der Waals surface area (Å²) in [6, 6.07) is -4.49. The average molecular weight is 521 g/mol. The number of hydrogen-bond acceptors (Lipinski definition) is 9. The number of nitrogens with zero attached hydrogens (tertiary/aromatic N) is 1. The second-order valence-corrected chi connectivity index (χ2v) is 8.81. The van der Waals surface area contributed by atoms with Gasteiger partial charge in [-0.15, -0.1) is 0 Å². The number of guanidine groups is 1. The number of carbonyl (C=O) groups excluding carboxylic acids is 3. The zero-order chi connectivity index (χ0) is 26.8. The van der Waals surface area contributed by atoms with Gasteiger partial charge in [-0.25, -0.2) is 4.79 Å². The number of aliphatic carboxylic acids is 1. The molecule has 0 aliphatic heterocycles. The van der Waals surface area contributed by atoms with E-state index in [0.29, 0.717) is 31.6 Å². The number of carboxylic acid groups (broad SMARTS) is 1. The molecule has 0 saturated carbocycles. The fraction of sp³-hybridized carbons (Fsp3) is 0.750. The standard InChI is InChI=1S/C20H40N8O6S/c1-35-10-7-12(22)16(30)26-13(5-2-3-8-21)17(31)27-14(6-4-9-25-20(23)24)18(32)28-15(11-29)19(33)34/h12-15,29H,2-11,21-22H2,1H3,(H,26,30)(H,27,31)(H,28,32)(H,33,34)(H4,23,24,25). The van der Waals surface area contributed by atoms with Crippen LogP contribution in [-0.2, 0) is 19.2 Å². The van der Waals surface area contributed by atoms with Crippen LogP contribution in [0.2, 0.25) is 0 Å². The van der Waals surface area contributed by atoms with Gasteiger partial charge in [0.15, 0.2) is 5.96 Å². The van der Waals surface area contributed by atoms with E-state index in [1.807, 2.05) is 6.26 Å². The topological polar surface area (TPSA) is 261 Å². The van der Waals surface area contributed by atoms with Crippen molar-refractivity contribution >= 4 is 41.4 Å². The zero-order valence-electron chi connectivity index (χ0n) is 20.1. The van der Waals surface area contributed by atoms with Gasteiger partial charge in [-0.3, -0.25) is 19.4 Å². The maximum Gasteiger partial charge on any atom is 0.328 e. The van der Waals surface area contributed by atoms with Crippen molar-refractivity contribution in [3.63, 3.8) is 0 Å². The fourth-order valence-corrected chi connectivity index (χ4v) is 3.41. The first-order valence-corrected chi connectivity index (χ1v) is 12.7. The molecule has 0 radical (unpaired) electrons. The highest BCUT2D eigenvalue weighted by molar-refractivity contribution is 7.98. The minimum atomic E-state index is -1.55. The summed E-state index contributed by atoms with van der Waals surface area (Å²) >= 11 is 1.54. The molecule has 0 aromatic carbocycles. The Labute approximate surface area is 209 Å². The van der Waals surface area contributed by atoms with E-state index >= 15 is 0 Å². The molecular weight excluding hydrogens is 480 g/mol. The minimum Gasteiger partial charge on any atom is -0.480 e. The molecule has 4 atom stereocenters. The van der Waals surface area contributed by atoms with E-state index in [1.54, 1.807) is 0 Å². The van der Waals surface area contributed by atoms with Gasteiger partial charge >= 0.3 is 5.97 Å².